The molecule has 0 bridgehead atoms. The number of amides is 1. The molecule has 2 aliphatic rings. The zero-order chi connectivity index (χ0) is 12.0. The SMILES string of the molecule is Cc1cccc2c1N(C)C1(CCCC1)C(=O)N2. The Bertz CT molecular complexity index is 475. The Morgan fingerprint density at radius 3 is 2.71 bits per heavy atom. The van der Waals surface area contributed by atoms with E-state index in [4.69, 9.17) is 0 Å². The number of carbonyl (C=O) groups excluding carboxylic acids is 1. The van der Waals surface area contributed by atoms with E-state index < -0.39 is 0 Å². The number of hydrogen-bond acceptors (Lipinski definition) is 2. The zero-order valence-corrected chi connectivity index (χ0v) is 10.4. The van der Waals surface area contributed by atoms with Gasteiger partial charge in [-0.25, -0.2) is 0 Å². The minimum atomic E-state index is -0.293. The molecule has 1 aliphatic carbocycles. The van der Waals surface area contributed by atoms with Crippen LogP contribution in [-0.2, 0) is 4.79 Å². The second-order valence-electron chi connectivity index (χ2n) is 5.22. The highest BCUT2D eigenvalue weighted by Gasteiger charge is 2.48. The molecule has 1 aromatic rings. The highest BCUT2D eigenvalue weighted by molar-refractivity contribution is 6.07. The van der Waals surface area contributed by atoms with E-state index in [2.05, 4.69) is 30.3 Å². The van der Waals surface area contributed by atoms with Gasteiger partial charge in [-0.15, -0.1) is 0 Å². The maximum absolute atomic E-state index is 12.4. The molecule has 1 fully saturated rings. The van der Waals surface area contributed by atoms with Crippen LogP contribution in [0.2, 0.25) is 0 Å². The first-order valence-corrected chi connectivity index (χ1v) is 6.30. The number of aryl methyl sites for hydroxylation is 1. The molecule has 1 heterocycles. The van der Waals surface area contributed by atoms with E-state index in [-0.39, 0.29) is 11.4 Å². The number of nitrogens with zero attached hydrogens (tertiary/aromatic N) is 1. The number of anilines is 2. The van der Waals surface area contributed by atoms with Crippen LogP contribution in [0.3, 0.4) is 0 Å². The summed E-state index contributed by atoms with van der Waals surface area (Å²) in [5.74, 6) is 0.176. The van der Waals surface area contributed by atoms with Gasteiger partial charge >= 0.3 is 0 Å². The molecule has 3 heteroatoms. The lowest BCUT2D eigenvalue weighted by molar-refractivity contribution is -0.121. The van der Waals surface area contributed by atoms with E-state index in [1.165, 1.54) is 11.3 Å². The highest BCUT2D eigenvalue weighted by Crippen LogP contribution is 2.45. The van der Waals surface area contributed by atoms with Crippen molar-refractivity contribution in [1.82, 2.24) is 0 Å². The third-order valence-electron chi connectivity index (χ3n) is 4.32. The number of likely N-dealkylation sites (N-methyl/N-ethyl adjacent to an activating group) is 1. The minimum absolute atomic E-state index is 0.176. The van der Waals surface area contributed by atoms with Gasteiger partial charge in [0.1, 0.15) is 5.54 Å². The van der Waals surface area contributed by atoms with Crippen molar-refractivity contribution >= 4 is 17.3 Å². The van der Waals surface area contributed by atoms with Gasteiger partial charge in [0, 0.05) is 7.05 Å². The summed E-state index contributed by atoms with van der Waals surface area (Å²) in [6, 6.07) is 6.09. The van der Waals surface area contributed by atoms with Crippen LogP contribution < -0.4 is 10.2 Å². The van der Waals surface area contributed by atoms with E-state index in [0.29, 0.717) is 0 Å². The van der Waals surface area contributed by atoms with Gasteiger partial charge in [0.05, 0.1) is 11.4 Å². The normalized spacial score (nSPS) is 21.5. The predicted molar refractivity (Wildman–Crippen MR) is 69.4 cm³/mol. The summed E-state index contributed by atoms with van der Waals surface area (Å²) < 4.78 is 0. The summed E-state index contributed by atoms with van der Waals surface area (Å²) in [6.45, 7) is 2.11. The predicted octanol–water partition coefficient (Wildman–Crippen LogP) is 2.70. The first-order valence-electron chi connectivity index (χ1n) is 6.30. The Labute approximate surface area is 102 Å². The highest BCUT2D eigenvalue weighted by atomic mass is 16.2. The Morgan fingerprint density at radius 1 is 1.29 bits per heavy atom. The van der Waals surface area contributed by atoms with Crippen molar-refractivity contribution in [2.45, 2.75) is 38.1 Å². The van der Waals surface area contributed by atoms with Gasteiger partial charge in [-0.05, 0) is 31.4 Å². The number of fused-ring (bicyclic) bond motifs is 1. The van der Waals surface area contributed by atoms with Crippen LogP contribution >= 0.6 is 0 Å². The van der Waals surface area contributed by atoms with Crippen LogP contribution in [0.5, 0.6) is 0 Å². The topological polar surface area (TPSA) is 32.3 Å². The second-order valence-corrected chi connectivity index (χ2v) is 5.22. The van der Waals surface area contributed by atoms with Crippen LogP contribution in [0.4, 0.5) is 11.4 Å². The fourth-order valence-electron chi connectivity index (χ4n) is 3.33. The van der Waals surface area contributed by atoms with E-state index in [1.807, 2.05) is 12.1 Å². The molecule has 1 aromatic carbocycles. The maximum Gasteiger partial charge on any atom is 0.250 e. The van der Waals surface area contributed by atoms with Crippen molar-refractivity contribution in [2.75, 3.05) is 17.3 Å². The van der Waals surface area contributed by atoms with Gasteiger partial charge in [0.2, 0.25) is 5.91 Å². The number of hydrogen-bond donors (Lipinski definition) is 1. The first kappa shape index (κ1) is 10.6. The van der Waals surface area contributed by atoms with E-state index >= 15 is 0 Å². The zero-order valence-electron chi connectivity index (χ0n) is 10.4. The van der Waals surface area contributed by atoms with Crippen LogP contribution in [0.25, 0.3) is 0 Å². The number of para-hydroxylation sites is 1. The molecule has 1 aliphatic heterocycles. The van der Waals surface area contributed by atoms with E-state index in [9.17, 15) is 4.79 Å². The molecular weight excluding hydrogens is 212 g/mol. The average Bonchev–Trinajstić information content (AvgIpc) is 2.77. The van der Waals surface area contributed by atoms with E-state index in [0.717, 1.165) is 31.4 Å². The lowest BCUT2D eigenvalue weighted by atomic mass is 9.90. The summed E-state index contributed by atoms with van der Waals surface area (Å²) >= 11 is 0. The Hall–Kier alpha value is -1.51. The molecule has 3 nitrogen and oxygen atoms in total. The van der Waals surface area contributed by atoms with Gasteiger partial charge in [0.25, 0.3) is 0 Å². The molecule has 17 heavy (non-hydrogen) atoms. The van der Waals surface area contributed by atoms with Crippen LogP contribution in [0, 0.1) is 6.92 Å². The Balaban J connectivity index is 2.15. The molecule has 1 spiro atoms. The largest absolute Gasteiger partial charge is 0.358 e. The minimum Gasteiger partial charge on any atom is -0.358 e. The lowest BCUT2D eigenvalue weighted by Gasteiger charge is -2.44. The third kappa shape index (κ3) is 1.31. The number of nitrogens with one attached hydrogen (secondary N) is 1. The molecular formula is C14H18N2O. The summed E-state index contributed by atoms with van der Waals surface area (Å²) in [6.07, 6.45) is 4.25. The number of carbonyl (C=O) groups is 1. The van der Waals surface area contributed by atoms with Crippen molar-refractivity contribution < 1.29 is 4.79 Å². The molecule has 0 atom stereocenters. The number of benzene rings is 1. The Kier molecular flexibility index (Phi) is 2.18. The van der Waals surface area contributed by atoms with Crippen molar-refractivity contribution in [2.24, 2.45) is 0 Å². The van der Waals surface area contributed by atoms with Crippen molar-refractivity contribution in [3.63, 3.8) is 0 Å². The fourth-order valence-corrected chi connectivity index (χ4v) is 3.33. The molecule has 0 saturated heterocycles. The van der Waals surface area contributed by atoms with Crippen molar-refractivity contribution in [3.8, 4) is 0 Å². The summed E-state index contributed by atoms with van der Waals surface area (Å²) in [7, 11) is 2.07. The number of rotatable bonds is 0. The van der Waals surface area contributed by atoms with E-state index in [1.54, 1.807) is 0 Å². The molecule has 1 amide bonds. The van der Waals surface area contributed by atoms with Crippen LogP contribution in [-0.4, -0.2) is 18.5 Å². The van der Waals surface area contributed by atoms with Gasteiger partial charge in [0.15, 0.2) is 0 Å². The molecule has 1 N–H and O–H groups in total. The summed E-state index contributed by atoms with van der Waals surface area (Å²) in [5, 5.41) is 3.08. The van der Waals surface area contributed by atoms with Gasteiger partial charge in [-0.3, -0.25) is 4.79 Å². The Morgan fingerprint density at radius 2 is 2.00 bits per heavy atom. The maximum atomic E-state index is 12.4. The standard InChI is InChI=1S/C14H18N2O/c1-10-6-5-7-11-12(10)16(2)14(13(17)15-11)8-3-4-9-14/h5-7H,3-4,8-9H2,1-2H3,(H,15,17). The molecule has 90 valence electrons. The first-order chi connectivity index (χ1) is 8.15. The monoisotopic (exact) mass is 230 g/mol. The lowest BCUT2D eigenvalue weighted by Crippen LogP contribution is -2.56. The van der Waals surface area contributed by atoms with Crippen molar-refractivity contribution in [3.05, 3.63) is 23.8 Å². The van der Waals surface area contributed by atoms with Gasteiger partial charge in [-0.2, -0.15) is 0 Å². The molecule has 0 radical (unpaired) electrons. The van der Waals surface area contributed by atoms with Crippen LogP contribution in [0.15, 0.2) is 18.2 Å². The molecule has 0 unspecified atom stereocenters. The summed E-state index contributed by atoms with van der Waals surface area (Å²) in [4.78, 5) is 14.6. The molecule has 3 rings (SSSR count). The molecule has 0 aromatic heterocycles. The smallest absolute Gasteiger partial charge is 0.250 e. The summed E-state index contributed by atoms with van der Waals surface area (Å²) in [5.41, 5.74) is 3.08. The van der Waals surface area contributed by atoms with Crippen molar-refractivity contribution in [1.29, 1.82) is 0 Å². The van der Waals surface area contributed by atoms with Gasteiger partial charge in [-0.1, -0.05) is 25.0 Å². The second kappa shape index (κ2) is 3.49. The average molecular weight is 230 g/mol. The van der Waals surface area contributed by atoms with Crippen LogP contribution in [0.1, 0.15) is 31.2 Å². The quantitative estimate of drug-likeness (QED) is 0.743. The third-order valence-corrected chi connectivity index (χ3v) is 4.32. The fraction of sp³-hybridized carbons (Fsp3) is 0.500. The van der Waals surface area contributed by atoms with Gasteiger partial charge < -0.3 is 10.2 Å². The molecule has 1 saturated carbocycles.